The molecule has 3 aromatic rings. The summed E-state index contributed by atoms with van der Waals surface area (Å²) >= 11 is 3.31. The molecule has 1 aromatic heterocycles. The lowest BCUT2D eigenvalue weighted by Gasteiger charge is -2.10. The van der Waals surface area contributed by atoms with Gasteiger partial charge in [-0.2, -0.15) is 5.10 Å². The van der Waals surface area contributed by atoms with E-state index in [2.05, 4.69) is 31.4 Å². The van der Waals surface area contributed by atoms with Crippen LogP contribution in [0.15, 0.2) is 70.4 Å². The highest BCUT2D eigenvalue weighted by atomic mass is 79.9. The Kier molecular flexibility index (Phi) is 6.71. The first kappa shape index (κ1) is 20.9. The molecule has 1 heterocycles. The van der Waals surface area contributed by atoms with Gasteiger partial charge in [0.05, 0.1) is 18.2 Å². The average molecular weight is 471 g/mol. The summed E-state index contributed by atoms with van der Waals surface area (Å²) in [5, 5.41) is 14.6. The van der Waals surface area contributed by atoms with Gasteiger partial charge < -0.3 is 9.47 Å². The number of carbonyl (C=O) groups is 1. The van der Waals surface area contributed by atoms with Gasteiger partial charge in [0.25, 0.3) is 11.6 Å². The molecule has 2 aromatic carbocycles. The third-order valence-electron chi connectivity index (χ3n) is 3.80. The number of nitro groups is 1. The van der Waals surface area contributed by atoms with E-state index in [9.17, 15) is 14.9 Å². The van der Waals surface area contributed by atoms with E-state index in [1.165, 1.54) is 25.5 Å². The van der Waals surface area contributed by atoms with Crippen LogP contribution in [0.1, 0.15) is 15.9 Å². The third-order valence-corrected chi connectivity index (χ3v) is 4.29. The van der Waals surface area contributed by atoms with Crippen molar-refractivity contribution in [2.45, 2.75) is 0 Å². The molecule has 3 rings (SSSR count). The van der Waals surface area contributed by atoms with Crippen molar-refractivity contribution in [3.63, 3.8) is 0 Å². The van der Waals surface area contributed by atoms with E-state index in [4.69, 9.17) is 9.47 Å². The molecular formula is C20H15BrN4O5. The third kappa shape index (κ3) is 5.39. The van der Waals surface area contributed by atoms with Crippen molar-refractivity contribution in [2.24, 2.45) is 5.10 Å². The summed E-state index contributed by atoms with van der Waals surface area (Å²) in [7, 11) is 1.47. The van der Waals surface area contributed by atoms with Crippen LogP contribution in [-0.2, 0) is 0 Å². The molecule has 0 saturated heterocycles. The van der Waals surface area contributed by atoms with Gasteiger partial charge in [0.15, 0.2) is 11.5 Å². The van der Waals surface area contributed by atoms with Gasteiger partial charge in [0.2, 0.25) is 5.88 Å². The number of methoxy groups -OCH3 is 1. The van der Waals surface area contributed by atoms with Crippen LogP contribution in [0, 0.1) is 10.1 Å². The molecule has 0 aliphatic carbocycles. The number of carbonyl (C=O) groups excluding carboxylic acids is 1. The number of ether oxygens (including phenoxy) is 2. The molecular weight excluding hydrogens is 456 g/mol. The summed E-state index contributed by atoms with van der Waals surface area (Å²) < 4.78 is 11.7. The number of hydrazone groups is 1. The summed E-state index contributed by atoms with van der Waals surface area (Å²) in [4.78, 5) is 26.2. The predicted molar refractivity (Wildman–Crippen MR) is 113 cm³/mol. The molecule has 0 radical (unpaired) electrons. The average Bonchev–Trinajstić information content (AvgIpc) is 2.75. The fourth-order valence-electron chi connectivity index (χ4n) is 2.36. The number of pyridine rings is 1. The Labute approximate surface area is 179 Å². The summed E-state index contributed by atoms with van der Waals surface area (Å²) in [6.45, 7) is 0. The minimum atomic E-state index is -0.541. The van der Waals surface area contributed by atoms with Crippen LogP contribution in [0.5, 0.6) is 17.4 Å². The van der Waals surface area contributed by atoms with Gasteiger partial charge in [-0.1, -0.05) is 22.0 Å². The van der Waals surface area contributed by atoms with E-state index in [1.54, 1.807) is 36.4 Å². The molecule has 0 bridgehead atoms. The number of halogens is 1. The van der Waals surface area contributed by atoms with E-state index in [0.717, 1.165) is 10.7 Å². The van der Waals surface area contributed by atoms with Gasteiger partial charge in [-0.05, 0) is 42.0 Å². The lowest BCUT2D eigenvalue weighted by Crippen LogP contribution is -2.17. The highest BCUT2D eigenvalue weighted by Gasteiger charge is 2.10. The van der Waals surface area contributed by atoms with Gasteiger partial charge in [0.1, 0.15) is 6.20 Å². The maximum absolute atomic E-state index is 12.1. The summed E-state index contributed by atoms with van der Waals surface area (Å²) in [6.07, 6.45) is 2.57. The quantitative estimate of drug-likeness (QED) is 0.312. The van der Waals surface area contributed by atoms with Crippen LogP contribution >= 0.6 is 15.9 Å². The first-order chi connectivity index (χ1) is 14.5. The zero-order valence-corrected chi connectivity index (χ0v) is 17.2. The minimum Gasteiger partial charge on any atom is -0.493 e. The van der Waals surface area contributed by atoms with Crippen molar-refractivity contribution in [1.82, 2.24) is 10.4 Å². The number of hydrogen-bond donors (Lipinski definition) is 1. The molecule has 10 heteroatoms. The van der Waals surface area contributed by atoms with Crippen LogP contribution in [-0.4, -0.2) is 29.1 Å². The highest BCUT2D eigenvalue weighted by Crippen LogP contribution is 2.31. The Morgan fingerprint density at radius 1 is 1.20 bits per heavy atom. The molecule has 1 N–H and O–H groups in total. The lowest BCUT2D eigenvalue weighted by molar-refractivity contribution is -0.385. The SMILES string of the molecule is COc1cc(/C=N\NC(=O)c2cccc(Br)c2)ccc1Oc1ccc([N+](=O)[O-])cn1. The molecule has 9 nitrogen and oxygen atoms in total. The van der Waals surface area contributed by atoms with Gasteiger partial charge in [-0.15, -0.1) is 0 Å². The molecule has 0 atom stereocenters. The number of nitrogens with zero attached hydrogens (tertiary/aromatic N) is 3. The predicted octanol–water partition coefficient (Wildman–Crippen LogP) is 4.32. The molecule has 0 aliphatic heterocycles. The van der Waals surface area contributed by atoms with Crippen LogP contribution in [0.4, 0.5) is 5.69 Å². The fourth-order valence-corrected chi connectivity index (χ4v) is 2.76. The van der Waals surface area contributed by atoms with Crippen molar-refractivity contribution >= 4 is 33.7 Å². The van der Waals surface area contributed by atoms with Crippen molar-refractivity contribution in [1.29, 1.82) is 0 Å². The van der Waals surface area contributed by atoms with Crippen LogP contribution in [0.2, 0.25) is 0 Å². The molecule has 0 spiro atoms. The Morgan fingerprint density at radius 2 is 2.03 bits per heavy atom. The molecule has 0 aliphatic rings. The van der Waals surface area contributed by atoms with Gasteiger partial charge in [-0.3, -0.25) is 14.9 Å². The second-order valence-electron chi connectivity index (χ2n) is 5.83. The van der Waals surface area contributed by atoms with E-state index in [1.807, 2.05) is 6.07 Å². The van der Waals surface area contributed by atoms with Crippen molar-refractivity contribution in [3.05, 3.63) is 86.5 Å². The summed E-state index contributed by atoms with van der Waals surface area (Å²) in [5.41, 5.74) is 3.45. The van der Waals surface area contributed by atoms with Crippen molar-refractivity contribution < 1.29 is 19.2 Å². The number of benzene rings is 2. The maximum Gasteiger partial charge on any atom is 0.287 e. The normalized spacial score (nSPS) is 10.6. The molecule has 1 amide bonds. The first-order valence-corrected chi connectivity index (χ1v) is 9.31. The fraction of sp³-hybridized carbons (Fsp3) is 0.0500. The van der Waals surface area contributed by atoms with Gasteiger partial charge in [-0.25, -0.2) is 10.4 Å². The summed E-state index contributed by atoms with van der Waals surface area (Å²) in [5.74, 6) is 0.608. The van der Waals surface area contributed by atoms with Crippen molar-refractivity contribution in [3.8, 4) is 17.4 Å². The molecule has 0 unspecified atom stereocenters. The first-order valence-electron chi connectivity index (χ1n) is 8.51. The smallest absolute Gasteiger partial charge is 0.287 e. The number of nitrogens with one attached hydrogen (secondary N) is 1. The molecule has 0 saturated carbocycles. The number of rotatable bonds is 7. The highest BCUT2D eigenvalue weighted by molar-refractivity contribution is 9.10. The van der Waals surface area contributed by atoms with E-state index < -0.39 is 4.92 Å². The maximum atomic E-state index is 12.1. The largest absolute Gasteiger partial charge is 0.493 e. The topological polar surface area (TPSA) is 116 Å². The van der Waals surface area contributed by atoms with Crippen LogP contribution < -0.4 is 14.9 Å². The van der Waals surface area contributed by atoms with Crippen LogP contribution in [0.25, 0.3) is 0 Å². The Balaban J connectivity index is 1.68. The van der Waals surface area contributed by atoms with Gasteiger partial charge in [0, 0.05) is 22.2 Å². The molecule has 0 fully saturated rings. The Hall–Kier alpha value is -3.79. The van der Waals surface area contributed by atoms with E-state index in [-0.39, 0.29) is 17.5 Å². The zero-order valence-electron chi connectivity index (χ0n) is 15.6. The molecule has 152 valence electrons. The zero-order chi connectivity index (χ0) is 21.5. The number of amides is 1. The summed E-state index contributed by atoms with van der Waals surface area (Å²) in [6, 6.07) is 14.6. The van der Waals surface area contributed by atoms with E-state index in [0.29, 0.717) is 22.6 Å². The Bertz CT molecular complexity index is 1100. The Morgan fingerprint density at radius 3 is 2.70 bits per heavy atom. The molecule has 30 heavy (non-hydrogen) atoms. The number of hydrogen-bond acceptors (Lipinski definition) is 7. The van der Waals surface area contributed by atoms with E-state index >= 15 is 0 Å². The van der Waals surface area contributed by atoms with Gasteiger partial charge >= 0.3 is 0 Å². The second kappa shape index (κ2) is 9.61. The lowest BCUT2D eigenvalue weighted by atomic mass is 10.2. The van der Waals surface area contributed by atoms with Crippen molar-refractivity contribution in [2.75, 3.05) is 7.11 Å². The second-order valence-corrected chi connectivity index (χ2v) is 6.75. The monoisotopic (exact) mass is 470 g/mol. The van der Waals surface area contributed by atoms with Crippen LogP contribution in [0.3, 0.4) is 0 Å². The standard InChI is InChI=1S/C20H15BrN4O5/c1-29-18-9-13(11-23-24-20(26)14-3-2-4-15(21)10-14)5-7-17(18)30-19-8-6-16(12-22-19)25(27)28/h2-12H,1H3,(H,24,26)/b23-11-. The minimum absolute atomic E-state index is 0.134. The number of aromatic nitrogens is 1.